The van der Waals surface area contributed by atoms with Crippen LogP contribution in [0.4, 0.5) is 11.4 Å². The summed E-state index contributed by atoms with van der Waals surface area (Å²) in [6.07, 6.45) is 8.68. The maximum atomic E-state index is 12.4. The lowest BCUT2D eigenvalue weighted by Crippen LogP contribution is -2.33. The number of unbranched alkanes of at least 4 members (excludes halogenated alkanes) is 2. The van der Waals surface area contributed by atoms with Crippen molar-refractivity contribution in [3.05, 3.63) is 71.5 Å². The highest BCUT2D eigenvalue weighted by atomic mass is 32.2. The Bertz CT molecular complexity index is 2100. The van der Waals surface area contributed by atoms with Gasteiger partial charge in [-0.2, -0.15) is 21.4 Å². The van der Waals surface area contributed by atoms with Crippen molar-refractivity contribution in [2.75, 3.05) is 98.3 Å². The molecule has 0 saturated carbocycles. The largest absolute Gasteiger partial charge is 0.481 e. The van der Waals surface area contributed by atoms with Crippen LogP contribution in [0.2, 0.25) is 0 Å². The quantitative estimate of drug-likeness (QED) is 0.0519. The molecule has 0 fully saturated rings. The summed E-state index contributed by atoms with van der Waals surface area (Å²) in [6, 6.07) is 9.20. The van der Waals surface area contributed by atoms with Gasteiger partial charge >= 0.3 is 5.97 Å². The molecule has 0 bridgehead atoms. The fraction of sp³-hybridized carbons (Fsp3) is 0.581. The van der Waals surface area contributed by atoms with Gasteiger partial charge in [-0.05, 0) is 88.4 Å². The summed E-state index contributed by atoms with van der Waals surface area (Å²) in [6.45, 7) is 10.9. The predicted molar refractivity (Wildman–Crippen MR) is 230 cm³/mol. The molecule has 0 radical (unpaired) electrons. The molecule has 2 aromatic carbocycles. The van der Waals surface area contributed by atoms with E-state index in [4.69, 9.17) is 28.4 Å². The number of anilines is 1. The number of rotatable bonds is 29. The number of hydrogen-bond acceptors (Lipinski definition) is 12. The number of carbonyl (C=O) groups is 1. The van der Waals surface area contributed by atoms with Gasteiger partial charge < -0.3 is 38.4 Å². The van der Waals surface area contributed by atoms with E-state index in [9.17, 15) is 35.8 Å². The second-order valence-electron chi connectivity index (χ2n) is 15.3. The molecule has 0 amide bonds. The molecule has 18 heteroatoms. The molecule has 2 aliphatic rings. The monoisotopic (exact) mass is 895 g/mol. The van der Waals surface area contributed by atoms with E-state index in [-0.39, 0.29) is 16.2 Å². The molecule has 2 aromatic rings. The van der Waals surface area contributed by atoms with Crippen LogP contribution in [0, 0.1) is 0 Å². The zero-order chi connectivity index (χ0) is 44.7. The van der Waals surface area contributed by atoms with Crippen molar-refractivity contribution in [2.45, 2.75) is 79.9 Å². The lowest BCUT2D eigenvalue weighted by molar-refractivity contribution is -0.438. The number of allylic oxidation sites excluding steroid dienone is 4. The summed E-state index contributed by atoms with van der Waals surface area (Å²) in [5.41, 5.74) is 3.13. The highest BCUT2D eigenvalue weighted by Crippen LogP contribution is 2.51. The number of benzene rings is 2. The van der Waals surface area contributed by atoms with Gasteiger partial charge in [-0.3, -0.25) is 13.9 Å². The van der Waals surface area contributed by atoms with Gasteiger partial charge in [0.05, 0.1) is 68.1 Å². The minimum atomic E-state index is -4.54. The van der Waals surface area contributed by atoms with Crippen LogP contribution in [-0.4, -0.2) is 141 Å². The minimum absolute atomic E-state index is 0.0522. The van der Waals surface area contributed by atoms with Crippen LogP contribution >= 0.6 is 0 Å². The van der Waals surface area contributed by atoms with Crippen molar-refractivity contribution in [3.63, 3.8) is 0 Å². The Balaban J connectivity index is 1.77. The zero-order valence-corrected chi connectivity index (χ0v) is 37.6. The third kappa shape index (κ3) is 13.2. The van der Waals surface area contributed by atoms with Crippen molar-refractivity contribution < 1.29 is 68.8 Å². The number of aliphatic carboxylic acids is 1. The number of hydrogen-bond donors (Lipinski definition) is 3. The number of likely N-dealkylation sites (N-methyl/N-ethyl adjacent to an activating group) is 1. The SMILES string of the molecule is CCN1/C(=C/C=C/C2=[N+](CCCCCC(=O)O)c3ccc(S(=O)(=O)O)cc3C2(C)CCOCCOCCOC)C(C)(CCOCCOCCOC)c2cc(S(=O)(=O)O)ccc21. The summed E-state index contributed by atoms with van der Waals surface area (Å²) >= 11 is 0. The van der Waals surface area contributed by atoms with Crippen LogP contribution in [0.1, 0.15) is 70.4 Å². The normalized spacial score (nSPS) is 19.7. The first-order chi connectivity index (χ1) is 29.0. The molecule has 4 rings (SSSR count). The molecule has 2 atom stereocenters. The average Bonchev–Trinajstić information content (AvgIpc) is 3.58. The third-order valence-electron chi connectivity index (χ3n) is 11.2. The van der Waals surface area contributed by atoms with Gasteiger partial charge in [-0.25, -0.2) is 0 Å². The second-order valence-corrected chi connectivity index (χ2v) is 18.1. The molecule has 2 aliphatic heterocycles. The first-order valence-electron chi connectivity index (χ1n) is 20.6. The zero-order valence-electron chi connectivity index (χ0n) is 36.0. The first-order valence-corrected chi connectivity index (χ1v) is 23.5. The fourth-order valence-corrected chi connectivity index (χ4v) is 8.94. The standard InChI is InChI=1S/C43H62N2O14S2/c1-6-44-37-16-14-33(60(48,49)50)31-35(37)42(2,18-21-56-27-29-58-25-23-54-4)39(44)11-10-12-40-43(3,19-22-57-28-30-59-26-24-55-5)36-32-34(61(51,52)53)15-17-38(36)45(40)20-9-7-8-13-41(46)47/h10-12,14-17,31-32H,6-9,13,18-30H2,1-5H3,(H2-,46,47,48,49,50,51,52,53)/p+1. The van der Waals surface area contributed by atoms with E-state index < -0.39 is 37.0 Å². The third-order valence-corrected chi connectivity index (χ3v) is 12.9. The van der Waals surface area contributed by atoms with E-state index in [1.54, 1.807) is 26.4 Å². The van der Waals surface area contributed by atoms with Crippen molar-refractivity contribution in [3.8, 4) is 0 Å². The van der Waals surface area contributed by atoms with Crippen LogP contribution in [0.3, 0.4) is 0 Å². The molecule has 2 heterocycles. The Labute approximate surface area is 360 Å². The van der Waals surface area contributed by atoms with Gasteiger partial charge in [-0.15, -0.1) is 0 Å². The van der Waals surface area contributed by atoms with Gasteiger partial charge in [0, 0.05) is 81.3 Å². The Morgan fingerprint density at radius 3 is 1.79 bits per heavy atom. The lowest BCUT2D eigenvalue weighted by Gasteiger charge is -2.30. The van der Waals surface area contributed by atoms with Crippen LogP contribution in [0.5, 0.6) is 0 Å². The van der Waals surface area contributed by atoms with E-state index in [0.29, 0.717) is 117 Å². The Hall–Kier alpha value is -3.56. The summed E-state index contributed by atoms with van der Waals surface area (Å²) < 4.78 is 105. The maximum absolute atomic E-state index is 12.4. The molecule has 340 valence electrons. The Kier molecular flexibility index (Phi) is 19.1. The van der Waals surface area contributed by atoms with Crippen molar-refractivity contribution in [1.82, 2.24) is 0 Å². The molecule has 3 N–H and O–H groups in total. The Morgan fingerprint density at radius 2 is 1.25 bits per heavy atom. The molecular formula is C43H63N2O14S2+. The Morgan fingerprint density at radius 1 is 0.721 bits per heavy atom. The van der Waals surface area contributed by atoms with Gasteiger partial charge in [0.2, 0.25) is 5.69 Å². The molecular weight excluding hydrogens is 833 g/mol. The highest BCUT2D eigenvalue weighted by molar-refractivity contribution is 7.86. The summed E-state index contributed by atoms with van der Waals surface area (Å²) in [5, 5.41) is 9.23. The highest BCUT2D eigenvalue weighted by Gasteiger charge is 2.48. The van der Waals surface area contributed by atoms with Crippen LogP contribution in [0.15, 0.2) is 70.1 Å². The van der Waals surface area contributed by atoms with E-state index >= 15 is 0 Å². The number of carboxylic acid groups (broad SMARTS) is 1. The fourth-order valence-electron chi connectivity index (χ4n) is 7.93. The van der Waals surface area contributed by atoms with Crippen molar-refractivity contribution >= 4 is 43.3 Å². The summed E-state index contributed by atoms with van der Waals surface area (Å²) in [5.74, 6) is -0.862. The molecule has 2 unspecified atom stereocenters. The number of carboxylic acids is 1. The number of ether oxygens (including phenoxy) is 6. The average molecular weight is 896 g/mol. The summed E-state index contributed by atoms with van der Waals surface area (Å²) in [7, 11) is -5.84. The number of methoxy groups -OCH3 is 2. The van der Waals surface area contributed by atoms with Crippen LogP contribution in [0.25, 0.3) is 0 Å². The van der Waals surface area contributed by atoms with E-state index in [1.165, 1.54) is 24.3 Å². The molecule has 0 spiro atoms. The topological polar surface area (TPSA) is 208 Å². The predicted octanol–water partition coefficient (Wildman–Crippen LogP) is 5.56. The molecule has 0 saturated heterocycles. The maximum Gasteiger partial charge on any atom is 0.303 e. The van der Waals surface area contributed by atoms with Crippen molar-refractivity contribution in [1.29, 1.82) is 0 Å². The molecule has 16 nitrogen and oxygen atoms in total. The van der Waals surface area contributed by atoms with Gasteiger partial charge in [0.25, 0.3) is 20.2 Å². The smallest absolute Gasteiger partial charge is 0.303 e. The van der Waals surface area contributed by atoms with Gasteiger partial charge in [0.15, 0.2) is 5.71 Å². The van der Waals surface area contributed by atoms with E-state index in [0.717, 1.165) is 28.3 Å². The minimum Gasteiger partial charge on any atom is -0.481 e. The lowest BCUT2D eigenvalue weighted by atomic mass is 9.76. The van der Waals surface area contributed by atoms with E-state index in [2.05, 4.69) is 9.48 Å². The summed E-state index contributed by atoms with van der Waals surface area (Å²) in [4.78, 5) is 12.9. The van der Waals surface area contributed by atoms with Gasteiger partial charge in [0.1, 0.15) is 6.54 Å². The van der Waals surface area contributed by atoms with E-state index in [1.807, 2.05) is 39.0 Å². The molecule has 0 aliphatic carbocycles. The van der Waals surface area contributed by atoms with Crippen molar-refractivity contribution in [2.24, 2.45) is 0 Å². The molecule has 61 heavy (non-hydrogen) atoms. The second kappa shape index (κ2) is 23.2. The number of fused-ring (bicyclic) bond motifs is 2. The molecule has 0 aromatic heterocycles. The van der Waals surface area contributed by atoms with Gasteiger partial charge in [-0.1, -0.05) is 6.08 Å². The number of nitrogens with zero attached hydrogens (tertiary/aromatic N) is 2. The van der Waals surface area contributed by atoms with Crippen LogP contribution < -0.4 is 4.90 Å². The first kappa shape index (κ1) is 50.1. The van der Waals surface area contributed by atoms with Crippen LogP contribution in [-0.2, 0) is 64.3 Å².